The second-order valence-electron chi connectivity index (χ2n) is 3.42. The third-order valence-electron chi connectivity index (χ3n) is 2.20. The maximum absolute atomic E-state index is 10.4. The molecule has 0 aromatic carbocycles. The molecule has 0 aliphatic heterocycles. The molecular formula is C11H17NO2. The van der Waals surface area contributed by atoms with Crippen LogP contribution in [0.25, 0.3) is 0 Å². The normalized spacial score (nSPS) is 10.1. The standard InChI is InChI=1S/C11H17NO2/c1-3-4-5-8-12(2)11-7-6-10(9-13)14-11/h6-7,9H,3-5,8H2,1-2H3. The van der Waals surface area contributed by atoms with E-state index in [4.69, 9.17) is 4.42 Å². The van der Waals surface area contributed by atoms with Crippen LogP contribution in [0.1, 0.15) is 36.7 Å². The van der Waals surface area contributed by atoms with Crippen LogP contribution in [0, 0.1) is 0 Å². The van der Waals surface area contributed by atoms with E-state index in [1.165, 1.54) is 12.8 Å². The summed E-state index contributed by atoms with van der Waals surface area (Å²) in [5.74, 6) is 1.16. The van der Waals surface area contributed by atoms with E-state index in [2.05, 4.69) is 6.92 Å². The molecule has 0 aliphatic carbocycles. The number of carbonyl (C=O) groups excluding carboxylic acids is 1. The average Bonchev–Trinajstić information content (AvgIpc) is 2.66. The van der Waals surface area contributed by atoms with Gasteiger partial charge in [-0.15, -0.1) is 0 Å². The van der Waals surface area contributed by atoms with Gasteiger partial charge >= 0.3 is 0 Å². The Labute approximate surface area is 84.7 Å². The van der Waals surface area contributed by atoms with E-state index in [9.17, 15) is 4.79 Å². The lowest BCUT2D eigenvalue weighted by Crippen LogP contribution is -2.17. The number of hydrogen-bond donors (Lipinski definition) is 0. The molecule has 14 heavy (non-hydrogen) atoms. The van der Waals surface area contributed by atoms with Gasteiger partial charge in [-0.2, -0.15) is 0 Å². The highest BCUT2D eigenvalue weighted by molar-refractivity contribution is 5.71. The van der Waals surface area contributed by atoms with Crippen molar-refractivity contribution in [3.05, 3.63) is 17.9 Å². The van der Waals surface area contributed by atoms with Crippen molar-refractivity contribution in [2.45, 2.75) is 26.2 Å². The molecule has 0 saturated carbocycles. The Bertz CT molecular complexity index is 281. The maximum Gasteiger partial charge on any atom is 0.196 e. The van der Waals surface area contributed by atoms with E-state index in [1.807, 2.05) is 18.0 Å². The molecule has 0 aliphatic rings. The quantitative estimate of drug-likeness (QED) is 0.517. The fraction of sp³-hybridized carbons (Fsp3) is 0.545. The fourth-order valence-corrected chi connectivity index (χ4v) is 1.32. The first-order valence-electron chi connectivity index (χ1n) is 5.04. The Morgan fingerprint density at radius 1 is 1.43 bits per heavy atom. The summed E-state index contributed by atoms with van der Waals surface area (Å²) in [7, 11) is 1.98. The summed E-state index contributed by atoms with van der Waals surface area (Å²) in [4.78, 5) is 12.4. The molecule has 0 radical (unpaired) electrons. The number of carbonyl (C=O) groups is 1. The molecule has 0 fully saturated rings. The van der Waals surface area contributed by atoms with Crippen molar-refractivity contribution in [3.8, 4) is 0 Å². The van der Waals surface area contributed by atoms with Gasteiger partial charge in [-0.1, -0.05) is 19.8 Å². The van der Waals surface area contributed by atoms with E-state index >= 15 is 0 Å². The highest BCUT2D eigenvalue weighted by Crippen LogP contribution is 2.16. The van der Waals surface area contributed by atoms with Crippen LogP contribution in [-0.4, -0.2) is 19.9 Å². The smallest absolute Gasteiger partial charge is 0.196 e. The molecule has 0 bridgehead atoms. The minimum absolute atomic E-state index is 0.391. The number of nitrogens with zero attached hydrogens (tertiary/aromatic N) is 1. The number of hydrogen-bond acceptors (Lipinski definition) is 3. The molecule has 78 valence electrons. The van der Waals surface area contributed by atoms with Crippen LogP contribution in [0.5, 0.6) is 0 Å². The van der Waals surface area contributed by atoms with Crippen molar-refractivity contribution in [1.29, 1.82) is 0 Å². The van der Waals surface area contributed by atoms with Crippen molar-refractivity contribution in [2.75, 3.05) is 18.5 Å². The zero-order chi connectivity index (χ0) is 10.4. The van der Waals surface area contributed by atoms with Gasteiger partial charge in [0.05, 0.1) is 0 Å². The van der Waals surface area contributed by atoms with Gasteiger partial charge in [0.25, 0.3) is 0 Å². The molecule has 0 atom stereocenters. The predicted molar refractivity (Wildman–Crippen MR) is 56.9 cm³/mol. The number of furan rings is 1. The summed E-state index contributed by atoms with van der Waals surface area (Å²) >= 11 is 0. The Kier molecular flexibility index (Phi) is 4.23. The summed E-state index contributed by atoms with van der Waals surface area (Å²) < 4.78 is 5.28. The zero-order valence-corrected chi connectivity index (χ0v) is 8.82. The Balaban J connectivity index is 2.43. The molecule has 1 aromatic rings. The second kappa shape index (κ2) is 5.47. The Morgan fingerprint density at radius 3 is 2.79 bits per heavy atom. The molecule has 0 N–H and O–H groups in total. The Morgan fingerprint density at radius 2 is 2.21 bits per heavy atom. The topological polar surface area (TPSA) is 33.5 Å². The van der Waals surface area contributed by atoms with E-state index in [0.717, 1.165) is 25.1 Å². The zero-order valence-electron chi connectivity index (χ0n) is 8.82. The Hall–Kier alpha value is -1.25. The van der Waals surface area contributed by atoms with Gasteiger partial charge in [0.2, 0.25) is 0 Å². The third kappa shape index (κ3) is 2.91. The summed E-state index contributed by atoms with van der Waals surface area (Å²) in [6, 6.07) is 3.52. The summed E-state index contributed by atoms with van der Waals surface area (Å²) in [6.45, 7) is 3.15. The SMILES string of the molecule is CCCCCN(C)c1ccc(C=O)o1. The molecular weight excluding hydrogens is 178 g/mol. The van der Waals surface area contributed by atoms with Crippen LogP contribution in [-0.2, 0) is 0 Å². The second-order valence-corrected chi connectivity index (χ2v) is 3.42. The molecule has 3 heteroatoms. The molecule has 0 unspecified atom stereocenters. The number of anilines is 1. The van der Waals surface area contributed by atoms with Crippen molar-refractivity contribution >= 4 is 12.2 Å². The number of rotatable bonds is 6. The largest absolute Gasteiger partial charge is 0.438 e. The lowest BCUT2D eigenvalue weighted by atomic mass is 10.2. The number of aldehydes is 1. The maximum atomic E-state index is 10.4. The van der Waals surface area contributed by atoms with Crippen molar-refractivity contribution < 1.29 is 9.21 Å². The summed E-state index contributed by atoms with van der Waals surface area (Å²) in [6.07, 6.45) is 4.32. The van der Waals surface area contributed by atoms with Crippen LogP contribution < -0.4 is 4.90 Å². The van der Waals surface area contributed by atoms with Crippen LogP contribution in [0.2, 0.25) is 0 Å². The summed E-state index contributed by atoms with van der Waals surface area (Å²) in [5, 5.41) is 0. The summed E-state index contributed by atoms with van der Waals surface area (Å²) in [5.41, 5.74) is 0. The van der Waals surface area contributed by atoms with Crippen molar-refractivity contribution in [3.63, 3.8) is 0 Å². The van der Waals surface area contributed by atoms with Gasteiger partial charge in [-0.25, -0.2) is 0 Å². The van der Waals surface area contributed by atoms with Crippen LogP contribution in [0.4, 0.5) is 5.88 Å². The van der Waals surface area contributed by atoms with Gasteiger partial charge in [0, 0.05) is 19.7 Å². The predicted octanol–water partition coefficient (Wildman–Crippen LogP) is 2.72. The molecule has 1 rings (SSSR count). The molecule has 1 aromatic heterocycles. The van der Waals surface area contributed by atoms with Gasteiger partial charge in [0.15, 0.2) is 17.9 Å². The number of unbranched alkanes of at least 4 members (excludes halogenated alkanes) is 2. The van der Waals surface area contributed by atoms with Gasteiger partial charge < -0.3 is 9.32 Å². The van der Waals surface area contributed by atoms with Gasteiger partial charge in [-0.05, 0) is 12.5 Å². The van der Waals surface area contributed by atoms with E-state index in [0.29, 0.717) is 5.76 Å². The molecule has 1 heterocycles. The van der Waals surface area contributed by atoms with Crippen LogP contribution in [0.3, 0.4) is 0 Å². The highest BCUT2D eigenvalue weighted by Gasteiger charge is 2.05. The van der Waals surface area contributed by atoms with E-state index in [1.54, 1.807) is 6.07 Å². The first-order chi connectivity index (χ1) is 6.77. The molecule has 0 saturated heterocycles. The van der Waals surface area contributed by atoms with Crippen molar-refractivity contribution in [2.24, 2.45) is 0 Å². The van der Waals surface area contributed by atoms with Gasteiger partial charge in [0.1, 0.15) is 0 Å². The minimum Gasteiger partial charge on any atom is -0.438 e. The van der Waals surface area contributed by atoms with Gasteiger partial charge in [-0.3, -0.25) is 4.79 Å². The molecule has 3 nitrogen and oxygen atoms in total. The minimum atomic E-state index is 0.391. The fourth-order valence-electron chi connectivity index (χ4n) is 1.32. The average molecular weight is 195 g/mol. The van der Waals surface area contributed by atoms with Crippen LogP contribution >= 0.6 is 0 Å². The lowest BCUT2D eigenvalue weighted by Gasteiger charge is -2.14. The lowest BCUT2D eigenvalue weighted by molar-refractivity contribution is 0.110. The van der Waals surface area contributed by atoms with Crippen LogP contribution in [0.15, 0.2) is 16.5 Å². The first kappa shape index (κ1) is 10.8. The molecule has 0 amide bonds. The van der Waals surface area contributed by atoms with E-state index in [-0.39, 0.29) is 0 Å². The molecule has 0 spiro atoms. The van der Waals surface area contributed by atoms with E-state index < -0.39 is 0 Å². The third-order valence-corrected chi connectivity index (χ3v) is 2.20. The monoisotopic (exact) mass is 195 g/mol. The first-order valence-corrected chi connectivity index (χ1v) is 5.04. The highest BCUT2D eigenvalue weighted by atomic mass is 16.4. The van der Waals surface area contributed by atoms with Crippen molar-refractivity contribution in [1.82, 2.24) is 0 Å².